The van der Waals surface area contributed by atoms with E-state index < -0.39 is 35.5 Å². The summed E-state index contributed by atoms with van der Waals surface area (Å²) in [7, 11) is 0. The predicted molar refractivity (Wildman–Crippen MR) is 104 cm³/mol. The number of nitrogens with one attached hydrogen (secondary N) is 2. The topological polar surface area (TPSA) is 117 Å². The molecule has 0 aliphatic carbocycles. The largest absolute Gasteiger partial charge is 0.444 e. The number of aliphatic hydroxyl groups excluding tert-OH is 2. The van der Waals surface area contributed by atoms with Crippen LogP contribution < -0.4 is 10.6 Å². The van der Waals surface area contributed by atoms with Gasteiger partial charge in [0.15, 0.2) is 0 Å². The van der Waals surface area contributed by atoms with Crippen LogP contribution in [0.2, 0.25) is 0 Å². The van der Waals surface area contributed by atoms with E-state index in [2.05, 4.69) is 10.6 Å². The number of ether oxygens (including phenoxy) is 2. The molecule has 4 N–H and O–H groups in total. The zero-order valence-electron chi connectivity index (χ0n) is 17.6. The third kappa shape index (κ3) is 15.2. The Labute approximate surface area is 163 Å². The van der Waals surface area contributed by atoms with Gasteiger partial charge in [-0.15, -0.1) is 0 Å². The molecule has 0 fully saturated rings. The van der Waals surface area contributed by atoms with Crippen LogP contribution >= 0.6 is 0 Å². The first-order valence-corrected chi connectivity index (χ1v) is 9.59. The van der Waals surface area contributed by atoms with Crippen LogP contribution in [0, 0.1) is 0 Å². The number of hydrogen-bond acceptors (Lipinski definition) is 6. The van der Waals surface area contributed by atoms with E-state index in [-0.39, 0.29) is 6.61 Å². The number of carbonyl (C=O) groups is 2. The van der Waals surface area contributed by atoms with Gasteiger partial charge in [-0.05, 0) is 73.6 Å². The van der Waals surface area contributed by atoms with Gasteiger partial charge in [-0.3, -0.25) is 0 Å². The van der Waals surface area contributed by atoms with Crippen LogP contribution in [-0.4, -0.2) is 58.9 Å². The summed E-state index contributed by atoms with van der Waals surface area (Å²) in [5, 5.41) is 24.7. The van der Waals surface area contributed by atoms with E-state index in [1.165, 1.54) is 0 Å². The van der Waals surface area contributed by atoms with Crippen molar-refractivity contribution in [2.24, 2.45) is 0 Å². The molecule has 2 amide bonds. The Kier molecular flexibility index (Phi) is 11.3. The van der Waals surface area contributed by atoms with Gasteiger partial charge in [0.25, 0.3) is 0 Å². The highest BCUT2D eigenvalue weighted by Crippen LogP contribution is 2.13. The Bertz CT molecular complexity index is 442. The van der Waals surface area contributed by atoms with Crippen molar-refractivity contribution in [2.45, 2.75) is 97.0 Å². The van der Waals surface area contributed by atoms with Crippen molar-refractivity contribution < 1.29 is 29.3 Å². The lowest BCUT2D eigenvalue weighted by Gasteiger charge is -2.27. The van der Waals surface area contributed by atoms with Crippen molar-refractivity contribution >= 4 is 12.2 Å². The normalized spacial score (nSPS) is 14.2. The lowest BCUT2D eigenvalue weighted by atomic mass is 10.0. The number of rotatable bonds is 10. The fourth-order valence-electron chi connectivity index (χ4n) is 2.31. The molecule has 0 aromatic rings. The van der Waals surface area contributed by atoms with Gasteiger partial charge in [0.2, 0.25) is 0 Å². The van der Waals surface area contributed by atoms with Gasteiger partial charge in [0.05, 0.1) is 12.1 Å². The number of aliphatic hydroxyl groups is 2. The van der Waals surface area contributed by atoms with Crippen LogP contribution in [-0.2, 0) is 9.47 Å². The van der Waals surface area contributed by atoms with Crippen LogP contribution in [0.5, 0.6) is 0 Å². The highest BCUT2D eigenvalue weighted by Gasteiger charge is 2.24. The second-order valence-corrected chi connectivity index (χ2v) is 8.61. The molecule has 0 saturated carbocycles. The molecule has 2 atom stereocenters. The molecule has 0 aliphatic rings. The Morgan fingerprint density at radius 3 is 1.96 bits per heavy atom. The summed E-state index contributed by atoms with van der Waals surface area (Å²) in [6.07, 6.45) is 0.870. The SMILES string of the molecule is CC(C)(C)OC(=O)NCCCC(O)C(CCCCO)NC(=O)OC(C)(C)C. The van der Waals surface area contributed by atoms with Crippen molar-refractivity contribution in [1.29, 1.82) is 0 Å². The van der Waals surface area contributed by atoms with E-state index in [9.17, 15) is 14.7 Å². The number of carbonyl (C=O) groups excluding carboxylic acids is 2. The highest BCUT2D eigenvalue weighted by atomic mass is 16.6. The minimum atomic E-state index is -0.781. The first kappa shape index (κ1) is 25.5. The van der Waals surface area contributed by atoms with Gasteiger partial charge < -0.3 is 30.3 Å². The van der Waals surface area contributed by atoms with E-state index in [1.54, 1.807) is 41.5 Å². The van der Waals surface area contributed by atoms with Gasteiger partial charge in [0.1, 0.15) is 11.2 Å². The average Bonchev–Trinajstić information content (AvgIpc) is 2.47. The number of amides is 2. The summed E-state index contributed by atoms with van der Waals surface area (Å²) in [5.74, 6) is 0. The maximum absolute atomic E-state index is 12.0. The number of hydrogen-bond donors (Lipinski definition) is 4. The molecule has 0 spiro atoms. The van der Waals surface area contributed by atoms with Crippen LogP contribution in [0.4, 0.5) is 9.59 Å². The van der Waals surface area contributed by atoms with Gasteiger partial charge in [0, 0.05) is 13.2 Å². The van der Waals surface area contributed by atoms with Crippen LogP contribution in [0.15, 0.2) is 0 Å². The van der Waals surface area contributed by atoms with Crippen LogP contribution in [0.3, 0.4) is 0 Å². The molecule has 8 heteroatoms. The maximum Gasteiger partial charge on any atom is 0.407 e. The molecule has 8 nitrogen and oxygen atoms in total. The minimum absolute atomic E-state index is 0.0645. The summed E-state index contributed by atoms with van der Waals surface area (Å²) in [4.78, 5) is 23.6. The number of unbranched alkanes of at least 4 members (excludes halogenated alkanes) is 1. The quantitative estimate of drug-likeness (QED) is 0.426. The van der Waals surface area contributed by atoms with E-state index in [0.29, 0.717) is 38.6 Å². The standard InChI is InChI=1S/C19H38N2O6/c1-18(2,3)26-16(24)20-12-9-11-15(23)14(10-7-8-13-22)21-17(25)27-19(4,5)6/h14-15,22-23H,7-13H2,1-6H3,(H,20,24)(H,21,25). The average molecular weight is 391 g/mol. The molecule has 0 aliphatic heterocycles. The summed E-state index contributed by atoms with van der Waals surface area (Å²) < 4.78 is 10.4. The minimum Gasteiger partial charge on any atom is -0.444 e. The first-order chi connectivity index (χ1) is 12.3. The van der Waals surface area contributed by atoms with Gasteiger partial charge in [-0.2, -0.15) is 0 Å². The maximum atomic E-state index is 12.0. The zero-order valence-corrected chi connectivity index (χ0v) is 17.6. The van der Waals surface area contributed by atoms with Crippen molar-refractivity contribution in [3.8, 4) is 0 Å². The zero-order chi connectivity index (χ0) is 21.1. The molecule has 0 radical (unpaired) electrons. The summed E-state index contributed by atoms with van der Waals surface area (Å²) >= 11 is 0. The lowest BCUT2D eigenvalue weighted by Crippen LogP contribution is -2.45. The first-order valence-electron chi connectivity index (χ1n) is 9.59. The molecule has 0 heterocycles. The van der Waals surface area contributed by atoms with Crippen molar-refractivity contribution in [3.05, 3.63) is 0 Å². The molecular weight excluding hydrogens is 352 g/mol. The fraction of sp³-hybridized carbons (Fsp3) is 0.895. The van der Waals surface area contributed by atoms with E-state index >= 15 is 0 Å². The van der Waals surface area contributed by atoms with Crippen molar-refractivity contribution in [3.63, 3.8) is 0 Å². The second-order valence-electron chi connectivity index (χ2n) is 8.61. The Balaban J connectivity index is 4.42. The molecule has 0 aromatic carbocycles. The van der Waals surface area contributed by atoms with Crippen LogP contribution in [0.25, 0.3) is 0 Å². The molecule has 0 rings (SSSR count). The Morgan fingerprint density at radius 1 is 0.889 bits per heavy atom. The van der Waals surface area contributed by atoms with E-state index in [4.69, 9.17) is 14.6 Å². The van der Waals surface area contributed by atoms with Crippen LogP contribution in [0.1, 0.15) is 73.6 Å². The molecule has 160 valence electrons. The molecule has 0 aromatic heterocycles. The Morgan fingerprint density at radius 2 is 1.44 bits per heavy atom. The fourth-order valence-corrected chi connectivity index (χ4v) is 2.31. The van der Waals surface area contributed by atoms with Gasteiger partial charge in [-0.1, -0.05) is 0 Å². The van der Waals surface area contributed by atoms with E-state index in [1.807, 2.05) is 0 Å². The molecule has 0 bridgehead atoms. The van der Waals surface area contributed by atoms with Crippen molar-refractivity contribution in [2.75, 3.05) is 13.2 Å². The summed E-state index contributed by atoms with van der Waals surface area (Å²) in [5.41, 5.74) is -1.18. The highest BCUT2D eigenvalue weighted by molar-refractivity contribution is 5.68. The number of alkyl carbamates (subject to hydrolysis) is 2. The monoisotopic (exact) mass is 390 g/mol. The third-order valence-corrected chi connectivity index (χ3v) is 3.43. The summed E-state index contributed by atoms with van der Waals surface area (Å²) in [6, 6.07) is -0.479. The smallest absolute Gasteiger partial charge is 0.407 e. The molecule has 0 saturated heterocycles. The van der Waals surface area contributed by atoms with Crippen molar-refractivity contribution in [1.82, 2.24) is 10.6 Å². The van der Waals surface area contributed by atoms with E-state index in [0.717, 1.165) is 0 Å². The molecule has 2 unspecified atom stereocenters. The Hall–Kier alpha value is -1.54. The third-order valence-electron chi connectivity index (χ3n) is 3.43. The van der Waals surface area contributed by atoms with Gasteiger partial charge >= 0.3 is 12.2 Å². The lowest BCUT2D eigenvalue weighted by molar-refractivity contribution is 0.0399. The predicted octanol–water partition coefficient (Wildman–Crippen LogP) is 2.71. The molecule has 27 heavy (non-hydrogen) atoms. The summed E-state index contributed by atoms with van der Waals surface area (Å²) in [6.45, 7) is 11.1. The molecular formula is C19H38N2O6. The second kappa shape index (κ2) is 12.0. The van der Waals surface area contributed by atoms with Gasteiger partial charge in [-0.25, -0.2) is 9.59 Å².